The number of nitrogens with one attached hydrogen (secondary N) is 1. The number of hydrogen-bond donors (Lipinski definition) is 4. The summed E-state index contributed by atoms with van der Waals surface area (Å²) in [5, 5.41) is 18.4. The van der Waals surface area contributed by atoms with Crippen molar-refractivity contribution in [1.82, 2.24) is 4.98 Å². The normalized spacial score (nSPS) is 29.5. The van der Waals surface area contributed by atoms with Crippen LogP contribution in [0.4, 0.5) is 5.82 Å². The molecule has 0 amide bonds. The summed E-state index contributed by atoms with van der Waals surface area (Å²) in [6.07, 6.45) is -0.223. The van der Waals surface area contributed by atoms with Crippen molar-refractivity contribution in [2.45, 2.75) is 24.9 Å². The maximum atomic E-state index is 11.5. The summed E-state index contributed by atoms with van der Waals surface area (Å²) in [7, 11) is 0. The molecular weight excluding hydrogens is 214 g/mol. The number of anilines is 1. The smallest absolute Gasteiger partial charge is 0.394 e. The van der Waals surface area contributed by atoms with Crippen molar-refractivity contribution in [2.24, 2.45) is 0 Å². The fourth-order valence-electron chi connectivity index (χ4n) is 1.73. The monoisotopic (exact) mass is 228 g/mol. The first-order valence-electron chi connectivity index (χ1n) is 4.96. The van der Waals surface area contributed by atoms with E-state index in [1.165, 1.54) is 16.8 Å². The van der Waals surface area contributed by atoms with Gasteiger partial charge in [0.05, 0.1) is 12.7 Å². The molecule has 88 valence electrons. The number of aliphatic hydroxyl groups is 2. The van der Waals surface area contributed by atoms with Gasteiger partial charge >= 0.3 is 5.69 Å². The Hall–Kier alpha value is -1.44. The number of aromatic amines is 1. The maximum Gasteiger partial charge on any atom is 0.499 e. The Balaban J connectivity index is 2.23. The van der Waals surface area contributed by atoms with Crippen LogP contribution in [0.1, 0.15) is 12.6 Å². The topological polar surface area (TPSA) is 112 Å². The molecule has 16 heavy (non-hydrogen) atoms. The maximum absolute atomic E-state index is 11.5. The molecule has 0 aromatic carbocycles. The van der Waals surface area contributed by atoms with Crippen molar-refractivity contribution in [1.29, 1.82) is 0 Å². The van der Waals surface area contributed by atoms with Crippen LogP contribution < -0.4 is 16.0 Å². The first kappa shape index (κ1) is 11.1. The quantitative estimate of drug-likeness (QED) is 0.432. The number of H-pyrrole nitrogens is 1. The largest absolute Gasteiger partial charge is 0.499 e. The van der Waals surface area contributed by atoms with Crippen molar-refractivity contribution < 1.29 is 19.5 Å². The van der Waals surface area contributed by atoms with Gasteiger partial charge in [-0.3, -0.25) is 0 Å². The lowest BCUT2D eigenvalue weighted by atomic mass is 10.2. The van der Waals surface area contributed by atoms with Gasteiger partial charge in [0, 0.05) is 12.5 Å². The van der Waals surface area contributed by atoms with E-state index in [-0.39, 0.29) is 18.8 Å². The highest BCUT2D eigenvalue weighted by molar-refractivity contribution is 5.21. The summed E-state index contributed by atoms with van der Waals surface area (Å²) in [6, 6.07) is 1.53. The zero-order valence-electron chi connectivity index (χ0n) is 8.54. The summed E-state index contributed by atoms with van der Waals surface area (Å²) in [5.41, 5.74) is 5.00. The van der Waals surface area contributed by atoms with Crippen molar-refractivity contribution >= 4 is 5.82 Å². The van der Waals surface area contributed by atoms with Gasteiger partial charge in [-0.2, -0.15) is 14.3 Å². The average Bonchev–Trinajstić information content (AvgIpc) is 2.59. The molecule has 7 heteroatoms. The summed E-state index contributed by atoms with van der Waals surface area (Å²) in [5.74, 6) is 0.263. The Labute approximate surface area is 91.1 Å². The molecule has 3 atom stereocenters. The molecule has 0 aliphatic carbocycles. The summed E-state index contributed by atoms with van der Waals surface area (Å²) in [6.45, 7) is -0.273. The van der Waals surface area contributed by atoms with Crippen LogP contribution in [0.2, 0.25) is 0 Å². The van der Waals surface area contributed by atoms with E-state index in [0.717, 1.165) is 0 Å². The molecular formula is C9H14N3O4+. The summed E-state index contributed by atoms with van der Waals surface area (Å²) < 4.78 is 6.63. The Kier molecular flexibility index (Phi) is 2.90. The van der Waals surface area contributed by atoms with E-state index in [1.807, 2.05) is 0 Å². The number of rotatable bonds is 2. The van der Waals surface area contributed by atoms with Crippen LogP contribution >= 0.6 is 0 Å². The highest BCUT2D eigenvalue weighted by Gasteiger charge is 2.37. The highest BCUT2D eigenvalue weighted by Crippen LogP contribution is 2.23. The van der Waals surface area contributed by atoms with E-state index < -0.39 is 24.1 Å². The summed E-state index contributed by atoms with van der Waals surface area (Å²) >= 11 is 0. The minimum Gasteiger partial charge on any atom is -0.394 e. The molecule has 0 saturated carbocycles. The van der Waals surface area contributed by atoms with Crippen LogP contribution in [0.3, 0.4) is 0 Å². The number of nitrogen functional groups attached to an aromatic ring is 1. The third-order valence-electron chi connectivity index (χ3n) is 2.59. The second-order valence-electron chi connectivity index (χ2n) is 3.72. The van der Waals surface area contributed by atoms with E-state index in [9.17, 15) is 9.90 Å². The third-order valence-corrected chi connectivity index (χ3v) is 2.59. The number of nitrogens with zero attached hydrogens (tertiary/aromatic N) is 1. The Bertz CT molecular complexity index is 433. The van der Waals surface area contributed by atoms with Gasteiger partial charge in [0.2, 0.25) is 6.23 Å². The number of aromatic nitrogens is 2. The fourth-order valence-corrected chi connectivity index (χ4v) is 1.73. The molecule has 1 aliphatic rings. The molecule has 1 aliphatic heterocycles. The molecule has 0 radical (unpaired) electrons. The molecule has 0 spiro atoms. The van der Waals surface area contributed by atoms with Gasteiger partial charge in [0.25, 0.3) is 0 Å². The second-order valence-corrected chi connectivity index (χ2v) is 3.72. The molecule has 1 aromatic heterocycles. The lowest BCUT2D eigenvalue weighted by Gasteiger charge is -2.09. The SMILES string of the molecule is Nc1cc[n+]([C@H]2C[C@H](O)[C@@H](CO)O2)c(=O)[nH]1. The van der Waals surface area contributed by atoms with Crippen LogP contribution in [-0.4, -0.2) is 34.0 Å². The molecule has 0 bridgehead atoms. The van der Waals surface area contributed by atoms with Crippen LogP contribution in [0.15, 0.2) is 17.1 Å². The van der Waals surface area contributed by atoms with Gasteiger partial charge < -0.3 is 20.7 Å². The van der Waals surface area contributed by atoms with Crippen molar-refractivity contribution in [2.75, 3.05) is 12.3 Å². The number of nitrogens with two attached hydrogens (primary N) is 1. The molecule has 1 fully saturated rings. The van der Waals surface area contributed by atoms with Gasteiger partial charge in [0.1, 0.15) is 12.3 Å². The molecule has 2 heterocycles. The highest BCUT2D eigenvalue weighted by atomic mass is 16.5. The minimum atomic E-state index is -0.764. The van der Waals surface area contributed by atoms with Crippen LogP contribution in [0, 0.1) is 0 Å². The molecule has 2 rings (SSSR count). The van der Waals surface area contributed by atoms with E-state index >= 15 is 0 Å². The van der Waals surface area contributed by atoms with Crippen LogP contribution in [0.25, 0.3) is 0 Å². The Morgan fingerprint density at radius 2 is 2.44 bits per heavy atom. The average molecular weight is 228 g/mol. The molecule has 7 nitrogen and oxygen atoms in total. The van der Waals surface area contributed by atoms with Gasteiger partial charge in [0.15, 0.2) is 5.82 Å². The summed E-state index contributed by atoms with van der Waals surface area (Å²) in [4.78, 5) is 14.0. The van der Waals surface area contributed by atoms with Crippen LogP contribution in [0.5, 0.6) is 0 Å². The number of ether oxygens (including phenoxy) is 1. The van der Waals surface area contributed by atoms with Crippen molar-refractivity contribution in [3.63, 3.8) is 0 Å². The number of hydrogen-bond acceptors (Lipinski definition) is 5. The fraction of sp³-hybridized carbons (Fsp3) is 0.556. The zero-order valence-corrected chi connectivity index (χ0v) is 8.54. The third kappa shape index (κ3) is 1.92. The van der Waals surface area contributed by atoms with Gasteiger partial charge in [-0.1, -0.05) is 0 Å². The molecule has 5 N–H and O–H groups in total. The van der Waals surface area contributed by atoms with E-state index in [2.05, 4.69) is 4.98 Å². The van der Waals surface area contributed by atoms with Crippen molar-refractivity contribution in [3.8, 4) is 0 Å². The molecule has 1 aromatic rings. The van der Waals surface area contributed by atoms with Gasteiger partial charge in [-0.05, 0) is 0 Å². The van der Waals surface area contributed by atoms with E-state index in [1.54, 1.807) is 0 Å². The predicted molar refractivity (Wildman–Crippen MR) is 53.3 cm³/mol. The van der Waals surface area contributed by atoms with Crippen molar-refractivity contribution in [3.05, 3.63) is 22.7 Å². The first-order chi connectivity index (χ1) is 7.61. The van der Waals surface area contributed by atoms with E-state index in [0.29, 0.717) is 0 Å². The lowest BCUT2D eigenvalue weighted by molar-refractivity contribution is -0.773. The predicted octanol–water partition coefficient (Wildman–Crippen LogP) is -2.11. The Morgan fingerprint density at radius 1 is 1.69 bits per heavy atom. The van der Waals surface area contributed by atoms with Gasteiger partial charge in [-0.15, -0.1) is 0 Å². The number of aliphatic hydroxyl groups excluding tert-OH is 2. The molecule has 0 unspecified atom stereocenters. The standard InChI is InChI=1S/C9H13N3O4/c10-7-1-2-12(9(15)11-7)8-3-5(14)6(4-13)16-8/h1-2,5-6,8,13-14H,3-4H2,(H2,10,11,15)/p+1/t5-,6+,8+/m0/s1. The molecule has 1 saturated heterocycles. The van der Waals surface area contributed by atoms with Gasteiger partial charge in [-0.25, -0.2) is 0 Å². The van der Waals surface area contributed by atoms with Crippen LogP contribution in [-0.2, 0) is 4.74 Å². The minimum absolute atomic E-state index is 0.263. The lowest BCUT2D eigenvalue weighted by Crippen LogP contribution is -2.54. The second kappa shape index (κ2) is 4.20. The Morgan fingerprint density at radius 3 is 3.00 bits per heavy atom. The van der Waals surface area contributed by atoms with E-state index in [4.69, 9.17) is 15.6 Å². The first-order valence-corrected chi connectivity index (χ1v) is 4.96. The zero-order chi connectivity index (χ0) is 11.7.